The fourth-order valence-corrected chi connectivity index (χ4v) is 3.31. The topological polar surface area (TPSA) is 12.0 Å². The van der Waals surface area contributed by atoms with E-state index in [-0.39, 0.29) is 0 Å². The van der Waals surface area contributed by atoms with E-state index in [9.17, 15) is 0 Å². The lowest BCUT2D eigenvalue weighted by Gasteiger charge is -2.34. The first-order valence-corrected chi connectivity index (χ1v) is 7.95. The molecular weight excluding hydrogens is 254 g/mol. The van der Waals surface area contributed by atoms with E-state index in [1.165, 1.54) is 31.2 Å². The molecule has 0 spiro atoms. The molecule has 0 amide bonds. The second-order valence-electron chi connectivity index (χ2n) is 6.31. The summed E-state index contributed by atoms with van der Waals surface area (Å²) in [4.78, 5) is 0. The molecular formula is C17H26ClN. The van der Waals surface area contributed by atoms with Gasteiger partial charge in [-0.25, -0.2) is 0 Å². The van der Waals surface area contributed by atoms with Crippen molar-refractivity contribution in [2.75, 3.05) is 0 Å². The van der Waals surface area contributed by atoms with Gasteiger partial charge in [0.15, 0.2) is 0 Å². The van der Waals surface area contributed by atoms with Crippen LogP contribution in [0.3, 0.4) is 0 Å². The monoisotopic (exact) mass is 279 g/mol. The van der Waals surface area contributed by atoms with Crippen LogP contribution in [0.25, 0.3) is 0 Å². The Morgan fingerprint density at radius 2 is 1.79 bits per heavy atom. The van der Waals surface area contributed by atoms with Gasteiger partial charge >= 0.3 is 0 Å². The lowest BCUT2D eigenvalue weighted by molar-refractivity contribution is 0.223. The lowest BCUT2D eigenvalue weighted by Crippen LogP contribution is -2.37. The molecule has 19 heavy (non-hydrogen) atoms. The van der Waals surface area contributed by atoms with E-state index in [4.69, 9.17) is 11.6 Å². The van der Waals surface area contributed by atoms with Crippen molar-refractivity contribution in [3.8, 4) is 0 Å². The first-order chi connectivity index (χ1) is 9.06. The number of halogens is 1. The van der Waals surface area contributed by atoms with Crippen molar-refractivity contribution in [2.45, 2.75) is 58.5 Å². The van der Waals surface area contributed by atoms with Crippen LogP contribution in [0, 0.1) is 11.8 Å². The molecule has 2 rings (SSSR count). The Morgan fingerprint density at radius 3 is 2.42 bits per heavy atom. The van der Waals surface area contributed by atoms with Crippen molar-refractivity contribution in [3.63, 3.8) is 0 Å². The van der Waals surface area contributed by atoms with E-state index in [0.29, 0.717) is 12.1 Å². The Balaban J connectivity index is 1.91. The van der Waals surface area contributed by atoms with Gasteiger partial charge in [-0.1, -0.05) is 50.4 Å². The second kappa shape index (κ2) is 6.76. The predicted octanol–water partition coefficient (Wildman–Crippen LogP) is 5.21. The van der Waals surface area contributed by atoms with Gasteiger partial charge in [0, 0.05) is 17.1 Å². The van der Waals surface area contributed by atoms with Gasteiger partial charge < -0.3 is 5.32 Å². The summed E-state index contributed by atoms with van der Waals surface area (Å²) >= 11 is 5.94. The molecule has 106 valence electrons. The quantitative estimate of drug-likeness (QED) is 0.798. The average Bonchev–Trinajstić information content (AvgIpc) is 2.39. The molecule has 1 nitrogen and oxygen atoms in total. The van der Waals surface area contributed by atoms with Gasteiger partial charge in [-0.3, -0.25) is 0 Å². The third-order valence-corrected chi connectivity index (χ3v) is 4.77. The maximum atomic E-state index is 5.94. The van der Waals surface area contributed by atoms with E-state index < -0.39 is 0 Å². The predicted molar refractivity (Wildman–Crippen MR) is 83.6 cm³/mol. The largest absolute Gasteiger partial charge is 0.307 e. The smallest absolute Gasteiger partial charge is 0.0406 e. The van der Waals surface area contributed by atoms with Gasteiger partial charge in [-0.2, -0.15) is 0 Å². The third kappa shape index (κ3) is 4.22. The molecule has 1 aromatic rings. The number of hydrogen-bond acceptors (Lipinski definition) is 1. The standard InChI is InChI=1S/C17H26ClN/c1-12(2)15-5-4-6-17(11-15)19-13(3)14-7-9-16(18)10-8-14/h7-10,12-13,15,17,19H,4-6,11H2,1-3H3/t13-,15?,17?/m1/s1. The summed E-state index contributed by atoms with van der Waals surface area (Å²) in [7, 11) is 0. The van der Waals surface area contributed by atoms with Crippen LogP contribution in [-0.2, 0) is 0 Å². The van der Waals surface area contributed by atoms with Gasteiger partial charge in [-0.05, 0) is 49.3 Å². The first-order valence-electron chi connectivity index (χ1n) is 7.57. The molecule has 2 heteroatoms. The maximum Gasteiger partial charge on any atom is 0.0406 e. The summed E-state index contributed by atoms with van der Waals surface area (Å²) in [5, 5.41) is 4.61. The molecule has 0 aromatic heterocycles. The molecule has 0 bridgehead atoms. The molecule has 2 unspecified atom stereocenters. The van der Waals surface area contributed by atoms with Crippen LogP contribution >= 0.6 is 11.6 Å². The summed E-state index contributed by atoms with van der Waals surface area (Å²) < 4.78 is 0. The zero-order valence-electron chi connectivity index (χ0n) is 12.3. The highest BCUT2D eigenvalue weighted by molar-refractivity contribution is 6.30. The van der Waals surface area contributed by atoms with E-state index in [2.05, 4.69) is 38.2 Å². The van der Waals surface area contributed by atoms with Crippen molar-refractivity contribution in [1.82, 2.24) is 5.32 Å². The zero-order valence-corrected chi connectivity index (χ0v) is 13.1. The summed E-state index contributed by atoms with van der Waals surface area (Å²) in [6.45, 7) is 6.97. The number of rotatable bonds is 4. The highest BCUT2D eigenvalue weighted by Crippen LogP contribution is 2.31. The van der Waals surface area contributed by atoms with Gasteiger partial charge in [0.2, 0.25) is 0 Å². The number of hydrogen-bond donors (Lipinski definition) is 1. The molecule has 0 aliphatic heterocycles. The van der Waals surface area contributed by atoms with Gasteiger partial charge in [0.1, 0.15) is 0 Å². The maximum absolute atomic E-state index is 5.94. The molecule has 1 aliphatic carbocycles. The first kappa shape index (κ1) is 14.9. The van der Waals surface area contributed by atoms with E-state index >= 15 is 0 Å². The van der Waals surface area contributed by atoms with Crippen molar-refractivity contribution >= 4 is 11.6 Å². The number of benzene rings is 1. The molecule has 3 atom stereocenters. The normalized spacial score (nSPS) is 25.5. The van der Waals surface area contributed by atoms with Crippen LogP contribution < -0.4 is 5.32 Å². The van der Waals surface area contributed by atoms with Gasteiger partial charge in [0.05, 0.1) is 0 Å². The van der Waals surface area contributed by atoms with Crippen LogP contribution in [0.15, 0.2) is 24.3 Å². The van der Waals surface area contributed by atoms with E-state index in [1.807, 2.05) is 12.1 Å². The molecule has 1 aromatic carbocycles. The van der Waals surface area contributed by atoms with Gasteiger partial charge in [-0.15, -0.1) is 0 Å². The zero-order chi connectivity index (χ0) is 13.8. The minimum Gasteiger partial charge on any atom is -0.307 e. The molecule has 0 radical (unpaired) electrons. The average molecular weight is 280 g/mol. The Hall–Kier alpha value is -0.530. The van der Waals surface area contributed by atoms with Crippen molar-refractivity contribution < 1.29 is 0 Å². The third-order valence-electron chi connectivity index (χ3n) is 4.51. The summed E-state index contributed by atoms with van der Waals surface area (Å²) in [6.07, 6.45) is 5.43. The lowest BCUT2D eigenvalue weighted by atomic mass is 9.79. The Labute approximate surface area is 122 Å². The molecule has 1 saturated carbocycles. The van der Waals surface area contributed by atoms with E-state index in [1.54, 1.807) is 0 Å². The molecule has 0 heterocycles. The van der Waals surface area contributed by atoms with Gasteiger partial charge in [0.25, 0.3) is 0 Å². The van der Waals surface area contributed by atoms with Crippen LogP contribution in [0.1, 0.15) is 58.1 Å². The van der Waals surface area contributed by atoms with Crippen LogP contribution in [0.2, 0.25) is 5.02 Å². The minimum atomic E-state index is 0.410. The van der Waals surface area contributed by atoms with Crippen LogP contribution in [0.5, 0.6) is 0 Å². The Bertz CT molecular complexity index is 385. The SMILES string of the molecule is CC(C)C1CCCC(N[C@H](C)c2ccc(Cl)cc2)C1. The molecule has 1 fully saturated rings. The summed E-state index contributed by atoms with van der Waals surface area (Å²) in [5.74, 6) is 1.71. The van der Waals surface area contributed by atoms with Crippen LogP contribution in [0.4, 0.5) is 0 Å². The molecule has 0 saturated heterocycles. The summed E-state index contributed by atoms with van der Waals surface area (Å²) in [6, 6.07) is 9.30. The van der Waals surface area contributed by atoms with Crippen LogP contribution in [-0.4, -0.2) is 6.04 Å². The van der Waals surface area contributed by atoms with Crippen molar-refractivity contribution in [3.05, 3.63) is 34.9 Å². The fourth-order valence-electron chi connectivity index (χ4n) is 3.19. The fraction of sp³-hybridized carbons (Fsp3) is 0.647. The highest BCUT2D eigenvalue weighted by atomic mass is 35.5. The van der Waals surface area contributed by atoms with E-state index in [0.717, 1.165) is 16.9 Å². The van der Waals surface area contributed by atoms with Crippen molar-refractivity contribution in [1.29, 1.82) is 0 Å². The van der Waals surface area contributed by atoms with Crippen molar-refractivity contribution in [2.24, 2.45) is 11.8 Å². The number of nitrogens with one attached hydrogen (secondary N) is 1. The minimum absolute atomic E-state index is 0.410. The summed E-state index contributed by atoms with van der Waals surface area (Å²) in [5.41, 5.74) is 1.33. The highest BCUT2D eigenvalue weighted by Gasteiger charge is 2.25. The Morgan fingerprint density at radius 1 is 1.11 bits per heavy atom. The second-order valence-corrected chi connectivity index (χ2v) is 6.74. The Kier molecular flexibility index (Phi) is 5.29. The molecule has 1 N–H and O–H groups in total. The molecule has 1 aliphatic rings.